The number of carbonyl (C=O) groups is 1. The van der Waals surface area contributed by atoms with Gasteiger partial charge >= 0.3 is 0 Å². The molecule has 3 heterocycles. The van der Waals surface area contributed by atoms with Crippen molar-refractivity contribution in [2.45, 2.75) is 19.8 Å². The number of thiazole rings is 1. The lowest BCUT2D eigenvalue weighted by Gasteiger charge is -2.02. The Balaban J connectivity index is 1.49. The highest BCUT2D eigenvalue weighted by Crippen LogP contribution is 2.22. The van der Waals surface area contributed by atoms with Crippen LogP contribution in [0, 0.1) is 6.92 Å². The second kappa shape index (κ2) is 7.10. The average Bonchev–Trinajstić information content (AvgIpc) is 3.18. The van der Waals surface area contributed by atoms with Gasteiger partial charge in [0.15, 0.2) is 0 Å². The number of rotatable bonds is 6. The van der Waals surface area contributed by atoms with Crippen LogP contribution in [-0.2, 0) is 17.6 Å². The molecule has 0 aliphatic rings. The van der Waals surface area contributed by atoms with Crippen LogP contribution in [0.5, 0.6) is 0 Å². The van der Waals surface area contributed by atoms with E-state index in [1.54, 1.807) is 30.7 Å². The fourth-order valence-corrected chi connectivity index (χ4v) is 2.86. The number of nitrogens with zero attached hydrogens (tertiary/aromatic N) is 4. The molecule has 1 amide bonds. The SMILES string of the molecule is Cc1nonc1CC(=O)NCCc1csc(-c2ccncc2)n1. The first kappa shape index (κ1) is 15.3. The van der Waals surface area contributed by atoms with Crippen LogP contribution in [-0.4, -0.2) is 32.7 Å². The lowest BCUT2D eigenvalue weighted by Crippen LogP contribution is -2.27. The Labute approximate surface area is 136 Å². The molecule has 0 saturated heterocycles. The van der Waals surface area contributed by atoms with E-state index < -0.39 is 0 Å². The highest BCUT2D eigenvalue weighted by molar-refractivity contribution is 7.13. The maximum atomic E-state index is 11.8. The first-order valence-corrected chi connectivity index (χ1v) is 8.00. The molecule has 3 aromatic heterocycles. The molecule has 3 rings (SSSR count). The quantitative estimate of drug-likeness (QED) is 0.741. The number of aromatic nitrogens is 4. The summed E-state index contributed by atoms with van der Waals surface area (Å²) in [5.74, 6) is -0.103. The van der Waals surface area contributed by atoms with Crippen molar-refractivity contribution >= 4 is 17.2 Å². The molecule has 0 radical (unpaired) electrons. The molecule has 0 atom stereocenters. The van der Waals surface area contributed by atoms with Gasteiger partial charge in [0.2, 0.25) is 5.91 Å². The lowest BCUT2D eigenvalue weighted by molar-refractivity contribution is -0.120. The van der Waals surface area contributed by atoms with E-state index in [2.05, 4.69) is 30.2 Å². The van der Waals surface area contributed by atoms with E-state index in [4.69, 9.17) is 0 Å². The molecular formula is C15H15N5O2S. The van der Waals surface area contributed by atoms with Crippen molar-refractivity contribution in [2.24, 2.45) is 0 Å². The summed E-state index contributed by atoms with van der Waals surface area (Å²) in [6, 6.07) is 3.86. The summed E-state index contributed by atoms with van der Waals surface area (Å²) in [6.07, 6.45) is 4.35. The summed E-state index contributed by atoms with van der Waals surface area (Å²) in [7, 11) is 0. The van der Waals surface area contributed by atoms with Crippen molar-refractivity contribution in [3.63, 3.8) is 0 Å². The topological polar surface area (TPSA) is 93.8 Å². The smallest absolute Gasteiger partial charge is 0.226 e. The summed E-state index contributed by atoms with van der Waals surface area (Å²) < 4.78 is 4.57. The van der Waals surface area contributed by atoms with Crippen molar-refractivity contribution in [1.82, 2.24) is 25.6 Å². The van der Waals surface area contributed by atoms with Gasteiger partial charge in [-0.1, -0.05) is 10.3 Å². The van der Waals surface area contributed by atoms with Crippen molar-refractivity contribution < 1.29 is 9.42 Å². The number of carbonyl (C=O) groups excluding carboxylic acids is 1. The van der Waals surface area contributed by atoms with Crippen LogP contribution >= 0.6 is 11.3 Å². The van der Waals surface area contributed by atoms with Crippen LogP contribution in [0.15, 0.2) is 34.5 Å². The highest BCUT2D eigenvalue weighted by atomic mass is 32.1. The van der Waals surface area contributed by atoms with E-state index in [-0.39, 0.29) is 12.3 Å². The average molecular weight is 329 g/mol. The monoisotopic (exact) mass is 329 g/mol. The van der Waals surface area contributed by atoms with Crippen LogP contribution in [0.1, 0.15) is 17.1 Å². The molecule has 0 aromatic carbocycles. The third-order valence-corrected chi connectivity index (χ3v) is 4.20. The van der Waals surface area contributed by atoms with Crippen LogP contribution < -0.4 is 5.32 Å². The van der Waals surface area contributed by atoms with Gasteiger partial charge in [-0.05, 0) is 19.1 Å². The van der Waals surface area contributed by atoms with Gasteiger partial charge in [-0.15, -0.1) is 11.3 Å². The molecule has 0 spiro atoms. The van der Waals surface area contributed by atoms with E-state index in [0.29, 0.717) is 24.4 Å². The zero-order valence-corrected chi connectivity index (χ0v) is 13.3. The summed E-state index contributed by atoms with van der Waals surface area (Å²) in [6.45, 7) is 2.29. The number of pyridine rings is 1. The molecule has 0 fully saturated rings. The Morgan fingerprint density at radius 1 is 1.30 bits per heavy atom. The fraction of sp³-hybridized carbons (Fsp3) is 0.267. The van der Waals surface area contributed by atoms with E-state index >= 15 is 0 Å². The van der Waals surface area contributed by atoms with Gasteiger partial charge in [0.05, 0.1) is 12.1 Å². The molecule has 0 saturated carbocycles. The Kier molecular flexibility index (Phi) is 4.72. The van der Waals surface area contributed by atoms with Gasteiger partial charge in [0.1, 0.15) is 16.4 Å². The van der Waals surface area contributed by atoms with E-state index in [0.717, 1.165) is 16.3 Å². The van der Waals surface area contributed by atoms with Crippen molar-refractivity contribution in [3.05, 3.63) is 47.0 Å². The van der Waals surface area contributed by atoms with E-state index in [9.17, 15) is 4.79 Å². The first-order chi connectivity index (χ1) is 11.2. The number of amides is 1. The van der Waals surface area contributed by atoms with Crippen LogP contribution in [0.4, 0.5) is 0 Å². The number of hydrogen-bond donors (Lipinski definition) is 1. The highest BCUT2D eigenvalue weighted by Gasteiger charge is 2.11. The zero-order chi connectivity index (χ0) is 16.1. The second-order valence-electron chi connectivity index (χ2n) is 4.95. The molecule has 23 heavy (non-hydrogen) atoms. The number of hydrogen-bond acceptors (Lipinski definition) is 7. The molecular weight excluding hydrogens is 314 g/mol. The van der Waals surface area contributed by atoms with Crippen LogP contribution in [0.25, 0.3) is 10.6 Å². The fourth-order valence-electron chi connectivity index (χ4n) is 2.00. The summed E-state index contributed by atoms with van der Waals surface area (Å²) in [5.41, 5.74) is 3.22. The first-order valence-electron chi connectivity index (χ1n) is 7.12. The standard InChI is InChI=1S/C15H15N5O2S/c1-10-13(20-22-19-10)8-14(21)17-7-4-12-9-23-15(18-12)11-2-5-16-6-3-11/h2-3,5-6,9H,4,7-8H2,1H3,(H,17,21). The van der Waals surface area contributed by atoms with Gasteiger partial charge in [-0.2, -0.15) is 0 Å². The minimum Gasteiger partial charge on any atom is -0.355 e. The molecule has 0 bridgehead atoms. The molecule has 118 valence electrons. The summed E-state index contributed by atoms with van der Waals surface area (Å²) >= 11 is 1.58. The summed E-state index contributed by atoms with van der Waals surface area (Å²) in [5, 5.41) is 13.2. The predicted octanol–water partition coefficient (Wildman–Crippen LogP) is 1.80. The Morgan fingerprint density at radius 2 is 2.13 bits per heavy atom. The predicted molar refractivity (Wildman–Crippen MR) is 84.8 cm³/mol. The molecule has 3 aromatic rings. The number of aryl methyl sites for hydroxylation is 1. The van der Waals surface area contributed by atoms with E-state index in [1.165, 1.54) is 0 Å². The molecule has 8 heteroatoms. The molecule has 7 nitrogen and oxygen atoms in total. The molecule has 1 N–H and O–H groups in total. The second-order valence-corrected chi connectivity index (χ2v) is 5.81. The molecule has 0 aliphatic heterocycles. The van der Waals surface area contributed by atoms with Gasteiger partial charge < -0.3 is 5.32 Å². The Morgan fingerprint density at radius 3 is 2.87 bits per heavy atom. The number of nitrogens with one attached hydrogen (secondary N) is 1. The van der Waals surface area contributed by atoms with Gasteiger partial charge in [0.25, 0.3) is 0 Å². The minimum absolute atomic E-state index is 0.103. The van der Waals surface area contributed by atoms with Crippen molar-refractivity contribution in [1.29, 1.82) is 0 Å². The zero-order valence-electron chi connectivity index (χ0n) is 12.5. The van der Waals surface area contributed by atoms with Crippen LogP contribution in [0.2, 0.25) is 0 Å². The summed E-state index contributed by atoms with van der Waals surface area (Å²) in [4.78, 5) is 20.4. The minimum atomic E-state index is -0.103. The maximum Gasteiger partial charge on any atom is 0.226 e. The largest absolute Gasteiger partial charge is 0.355 e. The normalized spacial score (nSPS) is 10.7. The third-order valence-electron chi connectivity index (χ3n) is 3.26. The maximum absolute atomic E-state index is 11.8. The Bertz CT molecular complexity index is 784. The lowest BCUT2D eigenvalue weighted by atomic mass is 10.2. The van der Waals surface area contributed by atoms with Crippen molar-refractivity contribution in [3.8, 4) is 10.6 Å². The van der Waals surface area contributed by atoms with Gasteiger partial charge in [-0.25, -0.2) is 9.61 Å². The molecule has 0 aliphatic carbocycles. The van der Waals surface area contributed by atoms with E-state index in [1.807, 2.05) is 17.5 Å². The van der Waals surface area contributed by atoms with Crippen molar-refractivity contribution in [2.75, 3.05) is 6.54 Å². The van der Waals surface area contributed by atoms with Gasteiger partial charge in [0, 0.05) is 36.3 Å². The van der Waals surface area contributed by atoms with Crippen LogP contribution in [0.3, 0.4) is 0 Å². The molecule has 0 unspecified atom stereocenters. The van der Waals surface area contributed by atoms with Gasteiger partial charge in [-0.3, -0.25) is 9.78 Å². The Hall–Kier alpha value is -2.61. The third kappa shape index (κ3) is 3.98.